The second-order valence-electron chi connectivity index (χ2n) is 5.10. The van der Waals surface area contributed by atoms with Crippen molar-refractivity contribution in [2.45, 2.75) is 44.7 Å². The van der Waals surface area contributed by atoms with Gasteiger partial charge in [-0.25, -0.2) is 0 Å². The monoisotopic (exact) mass is 270 g/mol. The Labute approximate surface area is 113 Å². The Morgan fingerprint density at radius 3 is 2.78 bits per heavy atom. The van der Waals surface area contributed by atoms with Crippen LogP contribution in [-0.4, -0.2) is 58.8 Å². The van der Waals surface area contributed by atoms with Crippen molar-refractivity contribution in [1.82, 2.24) is 9.80 Å². The highest BCUT2D eigenvalue weighted by Gasteiger charge is 2.44. The lowest BCUT2D eigenvalue weighted by molar-refractivity contribution is -0.162. The fourth-order valence-electron chi connectivity index (χ4n) is 2.89. The van der Waals surface area contributed by atoms with Crippen LogP contribution in [0.15, 0.2) is 0 Å². The Morgan fingerprint density at radius 1 is 1.28 bits per heavy atom. The first-order valence-corrected chi connectivity index (χ1v) is 8.16. The summed E-state index contributed by atoms with van der Waals surface area (Å²) >= 11 is 1.78. The zero-order valence-corrected chi connectivity index (χ0v) is 12.0. The van der Waals surface area contributed by atoms with Crippen molar-refractivity contribution >= 4 is 23.6 Å². The molecule has 102 valence electrons. The Kier molecular flexibility index (Phi) is 4.54. The fraction of sp³-hybridized carbons (Fsp3) is 0.846. The summed E-state index contributed by atoms with van der Waals surface area (Å²) < 4.78 is 0. The van der Waals surface area contributed by atoms with E-state index in [9.17, 15) is 9.59 Å². The van der Waals surface area contributed by atoms with Crippen LogP contribution < -0.4 is 0 Å². The van der Waals surface area contributed by atoms with Gasteiger partial charge in [-0.05, 0) is 44.6 Å². The Balaban J connectivity index is 2.06. The molecular weight excluding hydrogens is 248 g/mol. The third kappa shape index (κ3) is 2.51. The van der Waals surface area contributed by atoms with Crippen molar-refractivity contribution in [2.75, 3.05) is 25.1 Å². The molecule has 0 radical (unpaired) electrons. The van der Waals surface area contributed by atoms with Gasteiger partial charge in [-0.3, -0.25) is 9.59 Å². The number of carbonyl (C=O) groups excluding carboxylic acids is 2. The van der Waals surface area contributed by atoms with Gasteiger partial charge in [0.1, 0.15) is 12.1 Å². The first-order chi connectivity index (χ1) is 8.66. The number of rotatable bonds is 4. The van der Waals surface area contributed by atoms with Crippen LogP contribution in [0.4, 0.5) is 0 Å². The van der Waals surface area contributed by atoms with E-state index in [1.165, 1.54) is 0 Å². The molecule has 2 aliphatic heterocycles. The minimum absolute atomic E-state index is 0.142. The largest absolute Gasteiger partial charge is 0.329 e. The average molecular weight is 270 g/mol. The molecule has 5 heteroatoms. The number of thioether (sulfide) groups is 1. The maximum absolute atomic E-state index is 12.4. The fourth-order valence-corrected chi connectivity index (χ4v) is 3.31. The third-order valence-electron chi connectivity index (χ3n) is 3.93. The topological polar surface area (TPSA) is 40.6 Å². The lowest BCUT2D eigenvalue weighted by Gasteiger charge is -2.46. The maximum atomic E-state index is 12.4. The van der Waals surface area contributed by atoms with Gasteiger partial charge in [-0.15, -0.1) is 0 Å². The molecule has 0 aromatic carbocycles. The maximum Gasteiger partial charge on any atom is 0.246 e. The van der Waals surface area contributed by atoms with Gasteiger partial charge in [0, 0.05) is 13.1 Å². The van der Waals surface area contributed by atoms with Gasteiger partial charge >= 0.3 is 0 Å². The van der Waals surface area contributed by atoms with E-state index >= 15 is 0 Å². The molecule has 2 rings (SSSR count). The lowest BCUT2D eigenvalue weighted by Crippen LogP contribution is -2.65. The van der Waals surface area contributed by atoms with Gasteiger partial charge in [-0.1, -0.05) is 0 Å². The summed E-state index contributed by atoms with van der Waals surface area (Å²) in [7, 11) is 0. The molecule has 2 aliphatic rings. The molecule has 0 aromatic rings. The molecule has 2 saturated heterocycles. The predicted octanol–water partition coefficient (Wildman–Crippen LogP) is 1.35. The van der Waals surface area contributed by atoms with E-state index in [1.54, 1.807) is 16.7 Å². The normalized spacial score (nSPS) is 28.6. The molecule has 4 nitrogen and oxygen atoms in total. The van der Waals surface area contributed by atoms with Crippen LogP contribution in [-0.2, 0) is 9.59 Å². The summed E-state index contributed by atoms with van der Waals surface area (Å²) in [5, 5.41) is 0. The molecule has 2 amide bonds. The number of fused-ring (bicyclic) bond motifs is 1. The summed E-state index contributed by atoms with van der Waals surface area (Å²) in [6, 6.07) is -0.439. The first kappa shape index (κ1) is 13.7. The van der Waals surface area contributed by atoms with Crippen LogP contribution in [0, 0.1) is 0 Å². The average Bonchev–Trinajstić information content (AvgIpc) is 2.40. The van der Waals surface area contributed by atoms with E-state index in [2.05, 4.69) is 6.26 Å². The number of piperazine rings is 1. The molecule has 18 heavy (non-hydrogen) atoms. The van der Waals surface area contributed by atoms with Gasteiger partial charge in [0.2, 0.25) is 11.8 Å². The van der Waals surface area contributed by atoms with E-state index in [0.717, 1.165) is 44.5 Å². The van der Waals surface area contributed by atoms with Crippen molar-refractivity contribution < 1.29 is 9.59 Å². The number of hydrogen-bond acceptors (Lipinski definition) is 3. The summed E-state index contributed by atoms with van der Waals surface area (Å²) in [5.74, 6) is 1.35. The molecule has 2 atom stereocenters. The van der Waals surface area contributed by atoms with E-state index in [-0.39, 0.29) is 23.9 Å². The van der Waals surface area contributed by atoms with E-state index in [1.807, 2.05) is 11.8 Å². The molecule has 0 saturated carbocycles. The Bertz CT molecular complexity index is 335. The summed E-state index contributed by atoms with van der Waals surface area (Å²) in [5.41, 5.74) is 0. The van der Waals surface area contributed by atoms with Gasteiger partial charge in [-0.2, -0.15) is 11.8 Å². The minimum atomic E-state index is -0.270. The number of carbonyl (C=O) groups is 2. The van der Waals surface area contributed by atoms with Crippen molar-refractivity contribution in [3.8, 4) is 0 Å². The predicted molar refractivity (Wildman–Crippen MR) is 73.5 cm³/mol. The van der Waals surface area contributed by atoms with Crippen molar-refractivity contribution in [3.63, 3.8) is 0 Å². The van der Waals surface area contributed by atoms with Gasteiger partial charge in [0.25, 0.3) is 0 Å². The summed E-state index contributed by atoms with van der Waals surface area (Å²) in [6.45, 7) is 3.35. The highest BCUT2D eigenvalue weighted by atomic mass is 32.2. The lowest BCUT2D eigenvalue weighted by atomic mass is 9.95. The number of hydrogen-bond donors (Lipinski definition) is 0. The molecular formula is C13H22N2O2S. The summed E-state index contributed by atoms with van der Waals surface area (Å²) in [4.78, 5) is 28.3. The number of nitrogens with zero attached hydrogens (tertiary/aromatic N) is 2. The molecule has 0 aliphatic carbocycles. The smallest absolute Gasteiger partial charge is 0.246 e. The second-order valence-corrected chi connectivity index (χ2v) is 6.08. The number of amides is 2. The summed E-state index contributed by atoms with van der Waals surface area (Å²) in [6.07, 6.45) is 5.98. The van der Waals surface area contributed by atoms with Gasteiger partial charge in [0.05, 0.1) is 0 Å². The second kappa shape index (κ2) is 5.95. The zero-order valence-electron chi connectivity index (χ0n) is 11.2. The van der Waals surface area contributed by atoms with Crippen molar-refractivity contribution in [1.29, 1.82) is 0 Å². The molecule has 0 aromatic heterocycles. The van der Waals surface area contributed by atoms with Crippen LogP contribution in [0.1, 0.15) is 32.6 Å². The molecule has 2 unspecified atom stereocenters. The van der Waals surface area contributed by atoms with Crippen LogP contribution in [0.2, 0.25) is 0 Å². The standard InChI is InChI=1S/C13H22N2O2S/c1-10-12(16)15-7-4-3-6-11(15)13(17)14(10)8-5-9-18-2/h10-11H,3-9H2,1-2H3. The third-order valence-corrected chi connectivity index (χ3v) is 4.62. The zero-order chi connectivity index (χ0) is 13.1. The highest BCUT2D eigenvalue weighted by Crippen LogP contribution is 2.26. The quantitative estimate of drug-likeness (QED) is 0.724. The van der Waals surface area contributed by atoms with E-state index < -0.39 is 0 Å². The Hall–Kier alpha value is -0.710. The van der Waals surface area contributed by atoms with E-state index in [4.69, 9.17) is 0 Å². The molecule has 2 heterocycles. The highest BCUT2D eigenvalue weighted by molar-refractivity contribution is 7.98. The van der Waals surface area contributed by atoms with Crippen molar-refractivity contribution in [3.05, 3.63) is 0 Å². The van der Waals surface area contributed by atoms with Gasteiger partial charge in [0.15, 0.2) is 0 Å². The molecule has 2 fully saturated rings. The number of piperidine rings is 1. The SMILES string of the molecule is CSCCCN1C(=O)C2CCCCN2C(=O)C1C. The molecule has 0 N–H and O–H groups in total. The first-order valence-electron chi connectivity index (χ1n) is 6.76. The van der Waals surface area contributed by atoms with Crippen molar-refractivity contribution in [2.24, 2.45) is 0 Å². The Morgan fingerprint density at radius 2 is 2.06 bits per heavy atom. The van der Waals surface area contributed by atoms with Gasteiger partial charge < -0.3 is 9.80 Å². The van der Waals surface area contributed by atoms with E-state index in [0.29, 0.717) is 0 Å². The van der Waals surface area contributed by atoms with Crippen LogP contribution in [0.25, 0.3) is 0 Å². The van der Waals surface area contributed by atoms with Crippen LogP contribution in [0.5, 0.6) is 0 Å². The van der Waals surface area contributed by atoms with Crippen LogP contribution >= 0.6 is 11.8 Å². The molecule has 0 bridgehead atoms. The molecule has 0 spiro atoms. The van der Waals surface area contributed by atoms with Crippen LogP contribution in [0.3, 0.4) is 0 Å². The minimum Gasteiger partial charge on any atom is -0.329 e.